The molecule has 0 spiro atoms. The largest absolute Gasteiger partial charge is 0.326 e. The van der Waals surface area contributed by atoms with Crippen molar-refractivity contribution in [3.05, 3.63) is 47.5 Å². The van der Waals surface area contributed by atoms with E-state index >= 15 is 0 Å². The van der Waals surface area contributed by atoms with E-state index in [0.29, 0.717) is 11.4 Å². The minimum absolute atomic E-state index is 0.0955. The van der Waals surface area contributed by atoms with Gasteiger partial charge in [-0.25, -0.2) is 8.42 Å². The number of amides is 2. The first-order valence-electron chi connectivity index (χ1n) is 9.29. The summed E-state index contributed by atoms with van der Waals surface area (Å²) in [5.41, 5.74) is 3.10. The molecule has 0 saturated carbocycles. The summed E-state index contributed by atoms with van der Waals surface area (Å²) in [6.45, 7) is 7.20. The highest BCUT2D eigenvalue weighted by Gasteiger charge is 2.27. The molecule has 0 unspecified atom stereocenters. The van der Waals surface area contributed by atoms with E-state index in [2.05, 4.69) is 10.6 Å². The summed E-state index contributed by atoms with van der Waals surface area (Å²) in [4.78, 5) is 25.4. The van der Waals surface area contributed by atoms with Crippen LogP contribution in [0.2, 0.25) is 0 Å². The molecule has 2 aromatic carbocycles. The summed E-state index contributed by atoms with van der Waals surface area (Å²) in [5.74, 6) is -1.56. The summed E-state index contributed by atoms with van der Waals surface area (Å²) in [6, 6.07) is 10.4. The third kappa shape index (κ3) is 4.82. The third-order valence-electron chi connectivity index (χ3n) is 4.81. The van der Waals surface area contributed by atoms with Gasteiger partial charge in [0.15, 0.2) is 9.84 Å². The molecule has 3 rings (SSSR count). The molecule has 2 aromatic rings. The summed E-state index contributed by atoms with van der Waals surface area (Å²) >= 11 is 1.39. The van der Waals surface area contributed by atoms with Crippen molar-refractivity contribution in [2.24, 2.45) is 5.92 Å². The lowest BCUT2D eigenvalue weighted by atomic mass is 10.1. The highest BCUT2D eigenvalue weighted by molar-refractivity contribution is 8.01. The van der Waals surface area contributed by atoms with Gasteiger partial charge < -0.3 is 10.6 Å². The topological polar surface area (TPSA) is 92.3 Å². The summed E-state index contributed by atoms with van der Waals surface area (Å²) < 4.78 is 25.7. The number of aryl methyl sites for hydroxylation is 2. The SMILES string of the molecule is Cc1ccc(C)c(NC(=O)[C@@H](C)CS(=O)(=O)c2ccc3c(c2)NC(=O)[C@H](C)S3)c1. The Morgan fingerprint density at radius 3 is 2.66 bits per heavy atom. The molecule has 29 heavy (non-hydrogen) atoms. The van der Waals surface area contributed by atoms with Crippen LogP contribution in [0.1, 0.15) is 25.0 Å². The molecule has 0 saturated heterocycles. The molecule has 1 heterocycles. The van der Waals surface area contributed by atoms with Gasteiger partial charge in [-0.15, -0.1) is 11.8 Å². The molecule has 1 aliphatic heterocycles. The van der Waals surface area contributed by atoms with Crippen molar-refractivity contribution in [2.45, 2.75) is 42.7 Å². The van der Waals surface area contributed by atoms with Crippen LogP contribution in [0.3, 0.4) is 0 Å². The van der Waals surface area contributed by atoms with Crippen LogP contribution in [0, 0.1) is 19.8 Å². The van der Waals surface area contributed by atoms with E-state index in [1.54, 1.807) is 19.9 Å². The summed E-state index contributed by atoms with van der Waals surface area (Å²) in [6.07, 6.45) is 0. The zero-order valence-corrected chi connectivity index (χ0v) is 18.4. The first-order chi connectivity index (χ1) is 13.6. The molecular formula is C21H24N2O4S2. The van der Waals surface area contributed by atoms with Gasteiger partial charge >= 0.3 is 0 Å². The molecule has 2 atom stereocenters. The van der Waals surface area contributed by atoms with Gasteiger partial charge in [0.1, 0.15) is 0 Å². The first kappa shape index (κ1) is 21.4. The van der Waals surface area contributed by atoms with Crippen molar-refractivity contribution >= 4 is 44.8 Å². The minimum Gasteiger partial charge on any atom is -0.326 e. The number of carbonyl (C=O) groups is 2. The van der Waals surface area contributed by atoms with Crippen LogP contribution in [-0.4, -0.2) is 31.2 Å². The highest BCUT2D eigenvalue weighted by Crippen LogP contribution is 2.37. The molecular weight excluding hydrogens is 408 g/mol. The number of fused-ring (bicyclic) bond motifs is 1. The summed E-state index contributed by atoms with van der Waals surface area (Å²) in [7, 11) is -3.70. The maximum Gasteiger partial charge on any atom is 0.237 e. The molecule has 8 heteroatoms. The number of thioether (sulfide) groups is 1. The molecule has 2 amide bonds. The van der Waals surface area contributed by atoms with Crippen LogP contribution in [0.4, 0.5) is 11.4 Å². The second kappa shape index (κ2) is 8.20. The lowest BCUT2D eigenvalue weighted by Gasteiger charge is -2.22. The van der Waals surface area contributed by atoms with Crippen molar-refractivity contribution in [3.8, 4) is 0 Å². The van der Waals surface area contributed by atoms with Crippen molar-refractivity contribution in [3.63, 3.8) is 0 Å². The molecule has 0 bridgehead atoms. The molecule has 0 aliphatic carbocycles. The van der Waals surface area contributed by atoms with Crippen LogP contribution >= 0.6 is 11.8 Å². The Morgan fingerprint density at radius 1 is 1.21 bits per heavy atom. The Bertz CT molecular complexity index is 1080. The van der Waals surface area contributed by atoms with E-state index in [9.17, 15) is 18.0 Å². The maximum absolute atomic E-state index is 12.9. The number of benzene rings is 2. The van der Waals surface area contributed by atoms with E-state index in [4.69, 9.17) is 0 Å². The second-order valence-electron chi connectivity index (χ2n) is 7.40. The van der Waals surface area contributed by atoms with Crippen LogP contribution in [0.15, 0.2) is 46.2 Å². The minimum atomic E-state index is -3.70. The van der Waals surface area contributed by atoms with E-state index in [1.807, 2.05) is 32.0 Å². The fraction of sp³-hybridized carbons (Fsp3) is 0.333. The van der Waals surface area contributed by atoms with Gasteiger partial charge in [-0.3, -0.25) is 9.59 Å². The number of nitrogens with one attached hydrogen (secondary N) is 2. The quantitative estimate of drug-likeness (QED) is 0.750. The van der Waals surface area contributed by atoms with Gasteiger partial charge in [0.2, 0.25) is 11.8 Å². The normalized spacial score (nSPS) is 17.2. The molecule has 0 aromatic heterocycles. The molecule has 0 radical (unpaired) electrons. The van der Waals surface area contributed by atoms with Gasteiger partial charge in [-0.2, -0.15) is 0 Å². The Balaban J connectivity index is 1.75. The van der Waals surface area contributed by atoms with Gasteiger partial charge in [0.25, 0.3) is 0 Å². The van der Waals surface area contributed by atoms with E-state index in [-0.39, 0.29) is 27.7 Å². The number of anilines is 2. The zero-order chi connectivity index (χ0) is 21.3. The van der Waals surface area contributed by atoms with Crippen LogP contribution < -0.4 is 10.6 Å². The molecule has 2 N–H and O–H groups in total. The van der Waals surface area contributed by atoms with Crippen LogP contribution in [0.25, 0.3) is 0 Å². The van der Waals surface area contributed by atoms with Gasteiger partial charge in [0, 0.05) is 16.5 Å². The van der Waals surface area contributed by atoms with Gasteiger partial charge in [-0.05, 0) is 56.2 Å². The molecule has 0 fully saturated rings. The standard InChI is InChI=1S/C21H24N2O4S2/c1-12-5-6-13(2)17(9-12)22-20(24)14(3)11-29(26,27)16-7-8-19-18(10-16)23-21(25)15(4)28-19/h5-10,14-15H,11H2,1-4H3,(H,22,24)(H,23,25)/t14-,15-/m0/s1. The average molecular weight is 433 g/mol. The average Bonchev–Trinajstić information content (AvgIpc) is 2.64. The number of hydrogen-bond donors (Lipinski definition) is 2. The van der Waals surface area contributed by atoms with Crippen molar-refractivity contribution in [1.82, 2.24) is 0 Å². The van der Waals surface area contributed by atoms with Crippen LogP contribution in [-0.2, 0) is 19.4 Å². The van der Waals surface area contributed by atoms with Crippen LogP contribution in [0.5, 0.6) is 0 Å². The van der Waals surface area contributed by atoms with Crippen molar-refractivity contribution in [1.29, 1.82) is 0 Å². The molecule has 154 valence electrons. The molecule has 6 nitrogen and oxygen atoms in total. The lowest BCUT2D eigenvalue weighted by Crippen LogP contribution is -2.28. The highest BCUT2D eigenvalue weighted by atomic mass is 32.2. The van der Waals surface area contributed by atoms with E-state index in [1.165, 1.54) is 23.9 Å². The van der Waals surface area contributed by atoms with Gasteiger partial charge in [-0.1, -0.05) is 19.1 Å². The Hall–Kier alpha value is -2.32. The third-order valence-corrected chi connectivity index (χ3v) is 7.90. The smallest absolute Gasteiger partial charge is 0.237 e. The fourth-order valence-corrected chi connectivity index (χ4v) is 5.51. The number of hydrogen-bond acceptors (Lipinski definition) is 5. The predicted octanol–water partition coefficient (Wildman–Crippen LogP) is 3.78. The van der Waals surface area contributed by atoms with Crippen molar-refractivity contribution < 1.29 is 18.0 Å². The Kier molecular flexibility index (Phi) is 6.05. The summed E-state index contributed by atoms with van der Waals surface area (Å²) in [5, 5.41) is 5.34. The van der Waals surface area contributed by atoms with Gasteiger partial charge in [0.05, 0.1) is 21.6 Å². The Labute approximate surface area is 175 Å². The van der Waals surface area contributed by atoms with E-state index in [0.717, 1.165) is 16.0 Å². The predicted molar refractivity (Wildman–Crippen MR) is 116 cm³/mol. The molecule has 1 aliphatic rings. The monoisotopic (exact) mass is 432 g/mol. The number of carbonyl (C=O) groups excluding carboxylic acids is 2. The first-order valence-corrected chi connectivity index (χ1v) is 11.8. The fourth-order valence-electron chi connectivity index (χ4n) is 3.01. The van der Waals surface area contributed by atoms with E-state index < -0.39 is 15.8 Å². The number of rotatable bonds is 5. The maximum atomic E-state index is 12.9. The zero-order valence-electron chi connectivity index (χ0n) is 16.8. The lowest BCUT2D eigenvalue weighted by molar-refractivity contribution is -0.119. The second-order valence-corrected chi connectivity index (χ2v) is 10.8. The number of sulfone groups is 1. The van der Waals surface area contributed by atoms with Crippen molar-refractivity contribution in [2.75, 3.05) is 16.4 Å². The Morgan fingerprint density at radius 2 is 1.93 bits per heavy atom.